The lowest BCUT2D eigenvalue weighted by Gasteiger charge is -2.39. The van der Waals surface area contributed by atoms with Gasteiger partial charge in [-0.3, -0.25) is 9.48 Å². The second-order valence-electron chi connectivity index (χ2n) is 8.95. The maximum absolute atomic E-state index is 11.6. The monoisotopic (exact) mass is 484 g/mol. The summed E-state index contributed by atoms with van der Waals surface area (Å²) in [6, 6.07) is 8.31. The molecule has 0 bridgehead atoms. The minimum Gasteiger partial charge on any atom is -0.375 e. The van der Waals surface area contributed by atoms with Crippen LogP contribution in [0, 0.1) is 11.3 Å². The normalized spacial score (nSPS) is 17.8. The van der Waals surface area contributed by atoms with E-state index >= 15 is 0 Å². The Kier molecular flexibility index (Phi) is 6.40. The Morgan fingerprint density at radius 3 is 2.72 bits per heavy atom. The van der Waals surface area contributed by atoms with Crippen LogP contribution in [0.3, 0.4) is 0 Å². The van der Waals surface area contributed by atoms with Crippen molar-refractivity contribution in [2.45, 2.75) is 32.4 Å². The lowest BCUT2D eigenvalue weighted by molar-refractivity contribution is -0.121. The van der Waals surface area contributed by atoms with Crippen LogP contribution in [-0.4, -0.2) is 62.1 Å². The van der Waals surface area contributed by atoms with Crippen LogP contribution in [0.25, 0.3) is 27.8 Å². The lowest BCUT2D eigenvalue weighted by atomic mass is 10.0. The number of anilines is 1. The van der Waals surface area contributed by atoms with Crippen LogP contribution in [-0.2, 0) is 16.6 Å². The van der Waals surface area contributed by atoms with Gasteiger partial charge in [0.25, 0.3) is 0 Å². The molecule has 5 heterocycles. The highest BCUT2D eigenvalue weighted by molar-refractivity contribution is 5.87. The van der Waals surface area contributed by atoms with E-state index in [2.05, 4.69) is 32.5 Å². The van der Waals surface area contributed by atoms with E-state index in [-0.39, 0.29) is 18.1 Å². The molecule has 0 radical (unpaired) electrons. The summed E-state index contributed by atoms with van der Waals surface area (Å²) in [6.07, 6.45) is 9.76. The van der Waals surface area contributed by atoms with Crippen molar-refractivity contribution in [2.24, 2.45) is 7.05 Å². The molecule has 0 saturated carbocycles. The molecule has 1 saturated heterocycles. The standard InChI is InChI=1S/C26H28N8O2/c1-4-36-24-16-33(8-7-23(24)31-17(2)35)25-6-5-18(11-28-25)22-9-19(21-13-29-32(3)14-21)15-34-26(22)20(10-27)12-30-34/h5-6,9,11-15,23-24H,4,7-8,16H2,1-3H3,(H,31,35). The zero-order valence-corrected chi connectivity index (χ0v) is 20.5. The number of nitrogens with one attached hydrogen (secondary N) is 1. The molecule has 1 N–H and O–H groups in total. The summed E-state index contributed by atoms with van der Waals surface area (Å²) in [6.45, 7) is 5.49. The molecule has 2 unspecified atom stereocenters. The first-order chi connectivity index (χ1) is 17.5. The second-order valence-corrected chi connectivity index (χ2v) is 8.95. The molecule has 2 atom stereocenters. The molecule has 0 aromatic carbocycles. The number of amides is 1. The zero-order valence-electron chi connectivity index (χ0n) is 20.5. The largest absolute Gasteiger partial charge is 0.375 e. The Morgan fingerprint density at radius 1 is 1.19 bits per heavy atom. The third-order valence-electron chi connectivity index (χ3n) is 6.48. The number of pyridine rings is 2. The SMILES string of the molecule is CCOC1CN(c2ccc(-c3cc(-c4cnn(C)c4)cn4ncc(C#N)c34)cn2)CCC1NC(C)=O. The molecular weight excluding hydrogens is 456 g/mol. The van der Waals surface area contributed by atoms with Crippen LogP contribution in [0.5, 0.6) is 0 Å². The molecule has 184 valence electrons. The Morgan fingerprint density at radius 2 is 2.06 bits per heavy atom. The first kappa shape index (κ1) is 23.5. The number of hydrogen-bond donors (Lipinski definition) is 1. The van der Waals surface area contributed by atoms with Crippen LogP contribution in [0.15, 0.2) is 49.2 Å². The number of aryl methyl sites for hydroxylation is 1. The van der Waals surface area contributed by atoms with Crippen molar-refractivity contribution in [2.75, 3.05) is 24.6 Å². The van der Waals surface area contributed by atoms with Gasteiger partial charge in [0.15, 0.2) is 0 Å². The number of rotatable bonds is 6. The predicted molar refractivity (Wildman–Crippen MR) is 135 cm³/mol. The highest BCUT2D eigenvalue weighted by Crippen LogP contribution is 2.32. The number of carbonyl (C=O) groups is 1. The van der Waals surface area contributed by atoms with Crippen molar-refractivity contribution in [3.8, 4) is 28.3 Å². The van der Waals surface area contributed by atoms with Gasteiger partial charge in [-0.2, -0.15) is 15.5 Å². The maximum Gasteiger partial charge on any atom is 0.217 e. The molecule has 0 spiro atoms. The first-order valence-corrected chi connectivity index (χ1v) is 12.0. The smallest absolute Gasteiger partial charge is 0.217 e. The van der Waals surface area contributed by atoms with Crippen molar-refractivity contribution in [3.05, 3.63) is 54.7 Å². The summed E-state index contributed by atoms with van der Waals surface area (Å²) in [5, 5.41) is 21.4. The number of carbonyl (C=O) groups excluding carboxylic acids is 1. The van der Waals surface area contributed by atoms with Gasteiger partial charge in [-0.25, -0.2) is 9.50 Å². The van der Waals surface area contributed by atoms with E-state index in [9.17, 15) is 10.1 Å². The Balaban J connectivity index is 1.47. The van der Waals surface area contributed by atoms with Crippen molar-refractivity contribution >= 4 is 17.2 Å². The van der Waals surface area contributed by atoms with Gasteiger partial charge in [0, 0.05) is 74.5 Å². The zero-order chi connectivity index (χ0) is 25.2. The minimum atomic E-state index is -0.102. The molecule has 1 aliphatic rings. The average molecular weight is 485 g/mol. The van der Waals surface area contributed by atoms with Gasteiger partial charge in [-0.05, 0) is 31.5 Å². The third-order valence-corrected chi connectivity index (χ3v) is 6.48. The van der Waals surface area contributed by atoms with Crippen LogP contribution >= 0.6 is 0 Å². The number of ether oxygens (including phenoxy) is 1. The molecule has 1 aliphatic heterocycles. The molecule has 10 nitrogen and oxygen atoms in total. The molecular formula is C26H28N8O2. The molecule has 1 amide bonds. The summed E-state index contributed by atoms with van der Waals surface area (Å²) in [5.74, 6) is 0.801. The fraction of sp³-hybridized carbons (Fsp3) is 0.346. The van der Waals surface area contributed by atoms with E-state index in [4.69, 9.17) is 9.72 Å². The van der Waals surface area contributed by atoms with Crippen LogP contribution in [0.4, 0.5) is 5.82 Å². The predicted octanol–water partition coefficient (Wildman–Crippen LogP) is 2.79. The maximum atomic E-state index is 11.6. The van der Waals surface area contributed by atoms with Crippen LogP contribution in [0.1, 0.15) is 25.8 Å². The molecule has 4 aromatic rings. The number of piperidine rings is 1. The summed E-state index contributed by atoms with van der Waals surface area (Å²) in [7, 11) is 1.88. The molecule has 1 fully saturated rings. The minimum absolute atomic E-state index is 0.00672. The molecule has 10 heteroatoms. The van der Waals surface area contributed by atoms with Crippen molar-refractivity contribution < 1.29 is 9.53 Å². The first-order valence-electron chi connectivity index (χ1n) is 12.0. The van der Waals surface area contributed by atoms with Gasteiger partial charge in [0.2, 0.25) is 5.91 Å². The number of nitriles is 1. The highest BCUT2D eigenvalue weighted by Gasteiger charge is 2.31. The Hall–Kier alpha value is -4.23. The van der Waals surface area contributed by atoms with Gasteiger partial charge in [-0.1, -0.05) is 0 Å². The Labute approximate surface area is 209 Å². The number of aromatic nitrogens is 5. The van der Waals surface area contributed by atoms with Gasteiger partial charge >= 0.3 is 0 Å². The van der Waals surface area contributed by atoms with Crippen molar-refractivity contribution in [1.29, 1.82) is 5.26 Å². The number of fused-ring (bicyclic) bond motifs is 1. The van der Waals surface area contributed by atoms with Crippen molar-refractivity contribution in [3.63, 3.8) is 0 Å². The van der Waals surface area contributed by atoms with Gasteiger partial charge in [-0.15, -0.1) is 0 Å². The Bertz CT molecular complexity index is 1430. The van der Waals surface area contributed by atoms with E-state index < -0.39 is 0 Å². The summed E-state index contributed by atoms with van der Waals surface area (Å²) >= 11 is 0. The highest BCUT2D eigenvalue weighted by atomic mass is 16.5. The van der Waals surface area contributed by atoms with Gasteiger partial charge < -0.3 is 15.0 Å². The summed E-state index contributed by atoms with van der Waals surface area (Å²) in [5.41, 5.74) is 4.92. The van der Waals surface area contributed by atoms with E-state index in [0.29, 0.717) is 18.7 Å². The van der Waals surface area contributed by atoms with Crippen LogP contribution in [0.2, 0.25) is 0 Å². The fourth-order valence-corrected chi connectivity index (χ4v) is 4.82. The molecule has 0 aliphatic carbocycles. The number of hydrogen-bond acceptors (Lipinski definition) is 7. The third kappa shape index (κ3) is 4.53. The summed E-state index contributed by atoms with van der Waals surface area (Å²) < 4.78 is 9.43. The van der Waals surface area contributed by atoms with E-state index in [1.54, 1.807) is 21.6 Å². The number of nitrogens with zero attached hydrogens (tertiary/aromatic N) is 7. The quantitative estimate of drug-likeness (QED) is 0.448. The molecule has 5 rings (SSSR count). The topological polar surface area (TPSA) is 113 Å². The van der Waals surface area contributed by atoms with Gasteiger partial charge in [0.1, 0.15) is 11.9 Å². The van der Waals surface area contributed by atoms with Gasteiger partial charge in [0.05, 0.1) is 35.6 Å². The van der Waals surface area contributed by atoms with E-state index in [0.717, 1.165) is 46.6 Å². The van der Waals surface area contributed by atoms with Crippen LogP contribution < -0.4 is 10.2 Å². The fourth-order valence-electron chi connectivity index (χ4n) is 4.82. The second kappa shape index (κ2) is 9.79. The molecule has 4 aromatic heterocycles. The van der Waals surface area contributed by atoms with Crippen molar-refractivity contribution in [1.82, 2.24) is 29.7 Å². The summed E-state index contributed by atoms with van der Waals surface area (Å²) in [4.78, 5) is 18.5. The van der Waals surface area contributed by atoms with E-state index in [1.807, 2.05) is 44.7 Å². The van der Waals surface area contributed by atoms with E-state index in [1.165, 1.54) is 6.92 Å². The average Bonchev–Trinajstić information content (AvgIpc) is 3.50. The molecule has 36 heavy (non-hydrogen) atoms. The lowest BCUT2D eigenvalue weighted by Crippen LogP contribution is -2.55.